The summed E-state index contributed by atoms with van der Waals surface area (Å²) >= 11 is 0. The van der Waals surface area contributed by atoms with Crippen LogP contribution in [0.25, 0.3) is 0 Å². The molecule has 1 saturated heterocycles. The van der Waals surface area contributed by atoms with Crippen LogP contribution in [0.1, 0.15) is 35.7 Å². The largest absolute Gasteiger partial charge is 0.419 e. The van der Waals surface area contributed by atoms with Gasteiger partial charge in [-0.15, -0.1) is 0 Å². The summed E-state index contributed by atoms with van der Waals surface area (Å²) in [6, 6.07) is 2.37. The molecule has 0 radical (unpaired) electrons. The summed E-state index contributed by atoms with van der Waals surface area (Å²) in [4.78, 5) is 12.2. The summed E-state index contributed by atoms with van der Waals surface area (Å²) < 4.78 is 56.5. The van der Waals surface area contributed by atoms with Crippen LogP contribution in [0.4, 0.5) is 17.6 Å². The maximum atomic E-state index is 13.2. The summed E-state index contributed by atoms with van der Waals surface area (Å²) in [5, 5.41) is 0. The van der Waals surface area contributed by atoms with E-state index in [2.05, 4.69) is 0 Å². The molecule has 1 fully saturated rings. The second-order valence-electron chi connectivity index (χ2n) is 4.77. The molecule has 0 saturated carbocycles. The van der Waals surface area contributed by atoms with E-state index in [9.17, 15) is 22.4 Å². The molecule has 2 rings (SSSR count). The highest BCUT2D eigenvalue weighted by molar-refractivity contribution is 5.98. The third-order valence-electron chi connectivity index (χ3n) is 3.50. The van der Waals surface area contributed by atoms with E-state index in [4.69, 9.17) is 4.74 Å². The average molecular weight is 290 g/mol. The predicted molar refractivity (Wildman–Crippen MR) is 63.9 cm³/mol. The Hall–Kier alpha value is -1.43. The zero-order valence-corrected chi connectivity index (χ0v) is 10.8. The molecule has 0 spiro atoms. The van der Waals surface area contributed by atoms with Crippen molar-refractivity contribution < 1.29 is 27.1 Å². The third-order valence-corrected chi connectivity index (χ3v) is 3.50. The van der Waals surface area contributed by atoms with Crippen LogP contribution in [0.2, 0.25) is 0 Å². The number of ether oxygens (including phenoxy) is 1. The first-order valence-electron chi connectivity index (χ1n) is 6.37. The lowest BCUT2D eigenvalue weighted by Crippen LogP contribution is -2.24. The van der Waals surface area contributed by atoms with Crippen molar-refractivity contribution >= 4 is 5.78 Å². The molecule has 1 heterocycles. The lowest BCUT2D eigenvalue weighted by atomic mass is 9.90. The zero-order valence-electron chi connectivity index (χ0n) is 10.8. The van der Waals surface area contributed by atoms with Crippen LogP contribution in [-0.2, 0) is 10.9 Å². The normalized spacial score (nSPS) is 23.1. The molecule has 2 nitrogen and oxygen atoms in total. The quantitative estimate of drug-likeness (QED) is 0.624. The highest BCUT2D eigenvalue weighted by Crippen LogP contribution is 2.33. The molecule has 1 aliphatic heterocycles. The molecule has 2 unspecified atom stereocenters. The molecular weight excluding hydrogens is 276 g/mol. The van der Waals surface area contributed by atoms with Crippen LogP contribution < -0.4 is 0 Å². The van der Waals surface area contributed by atoms with Gasteiger partial charge in [0.2, 0.25) is 0 Å². The first-order chi connectivity index (χ1) is 9.34. The van der Waals surface area contributed by atoms with Gasteiger partial charge in [0.15, 0.2) is 5.78 Å². The lowest BCUT2D eigenvalue weighted by Gasteiger charge is -2.16. The highest BCUT2D eigenvalue weighted by atomic mass is 19.4. The molecule has 0 bridgehead atoms. The van der Waals surface area contributed by atoms with Crippen LogP contribution in [0.3, 0.4) is 0 Å². The monoisotopic (exact) mass is 290 g/mol. The van der Waals surface area contributed by atoms with Crippen molar-refractivity contribution in [3.05, 3.63) is 35.1 Å². The van der Waals surface area contributed by atoms with E-state index in [1.54, 1.807) is 0 Å². The minimum absolute atomic E-state index is 0.118. The lowest BCUT2D eigenvalue weighted by molar-refractivity contribution is -0.140. The maximum absolute atomic E-state index is 13.2. The molecule has 2 atom stereocenters. The number of Topliss-reactive ketones (excluding diaryl/α,β-unsaturated/α-hetero) is 1. The topological polar surface area (TPSA) is 26.3 Å². The zero-order chi connectivity index (χ0) is 14.9. The molecule has 0 N–H and O–H groups in total. The number of ketones is 1. The van der Waals surface area contributed by atoms with Gasteiger partial charge in [-0.25, -0.2) is 4.39 Å². The summed E-state index contributed by atoms with van der Waals surface area (Å²) in [7, 11) is 0. The van der Waals surface area contributed by atoms with Gasteiger partial charge in [0, 0.05) is 12.2 Å². The van der Waals surface area contributed by atoms with E-state index >= 15 is 0 Å². The Balaban J connectivity index is 2.31. The molecular formula is C14H14F4O2. The molecule has 1 aliphatic rings. The Kier molecular flexibility index (Phi) is 4.13. The van der Waals surface area contributed by atoms with Crippen molar-refractivity contribution in [2.75, 3.05) is 6.61 Å². The van der Waals surface area contributed by atoms with Gasteiger partial charge < -0.3 is 4.74 Å². The fourth-order valence-electron chi connectivity index (χ4n) is 2.46. The van der Waals surface area contributed by atoms with Gasteiger partial charge in [-0.3, -0.25) is 4.79 Å². The minimum atomic E-state index is -4.81. The summed E-state index contributed by atoms with van der Waals surface area (Å²) in [6.45, 7) is 2.27. The predicted octanol–water partition coefficient (Wildman–Crippen LogP) is 3.84. The van der Waals surface area contributed by atoms with Gasteiger partial charge in [0.1, 0.15) is 5.82 Å². The van der Waals surface area contributed by atoms with Crippen LogP contribution in [0.5, 0.6) is 0 Å². The second-order valence-corrected chi connectivity index (χ2v) is 4.77. The van der Waals surface area contributed by atoms with Gasteiger partial charge in [-0.05, 0) is 31.0 Å². The number of hydrogen-bond acceptors (Lipinski definition) is 2. The van der Waals surface area contributed by atoms with Gasteiger partial charge in [0.25, 0.3) is 0 Å². The van der Waals surface area contributed by atoms with Gasteiger partial charge in [-0.1, -0.05) is 6.92 Å². The third kappa shape index (κ3) is 2.85. The number of carbonyl (C=O) groups excluding carboxylic acids is 1. The van der Waals surface area contributed by atoms with Crippen molar-refractivity contribution in [2.45, 2.75) is 32.0 Å². The molecule has 1 aromatic carbocycles. The van der Waals surface area contributed by atoms with Crippen LogP contribution in [0.15, 0.2) is 18.2 Å². The Morgan fingerprint density at radius 3 is 2.70 bits per heavy atom. The van der Waals surface area contributed by atoms with Gasteiger partial charge >= 0.3 is 6.18 Å². The van der Waals surface area contributed by atoms with E-state index in [1.165, 1.54) is 0 Å². The second kappa shape index (κ2) is 5.52. The number of benzene rings is 1. The Morgan fingerprint density at radius 1 is 1.40 bits per heavy atom. The first kappa shape index (κ1) is 15.0. The van der Waals surface area contributed by atoms with Crippen molar-refractivity contribution in [3.63, 3.8) is 0 Å². The van der Waals surface area contributed by atoms with Crippen molar-refractivity contribution in [2.24, 2.45) is 5.92 Å². The van der Waals surface area contributed by atoms with Crippen LogP contribution in [0, 0.1) is 11.7 Å². The SMILES string of the molecule is CCC1OCCC1C(=O)c1ccc(F)c(C(F)(F)F)c1. The summed E-state index contributed by atoms with van der Waals surface area (Å²) in [5.41, 5.74) is -1.53. The average Bonchev–Trinajstić information content (AvgIpc) is 2.85. The molecule has 1 aromatic rings. The Bertz CT molecular complexity index is 510. The molecule has 0 aliphatic carbocycles. The van der Waals surface area contributed by atoms with Gasteiger partial charge in [0.05, 0.1) is 17.6 Å². The number of alkyl halides is 3. The van der Waals surface area contributed by atoms with E-state index in [1.807, 2.05) is 6.92 Å². The molecule has 6 heteroatoms. The van der Waals surface area contributed by atoms with E-state index < -0.39 is 29.3 Å². The van der Waals surface area contributed by atoms with E-state index in [-0.39, 0.29) is 11.7 Å². The maximum Gasteiger partial charge on any atom is 0.419 e. The number of hydrogen-bond donors (Lipinski definition) is 0. The van der Waals surface area contributed by atoms with Crippen LogP contribution >= 0.6 is 0 Å². The molecule has 0 amide bonds. The highest BCUT2D eigenvalue weighted by Gasteiger charge is 2.37. The number of rotatable bonds is 3. The number of halogens is 4. The van der Waals surface area contributed by atoms with Crippen molar-refractivity contribution in [3.8, 4) is 0 Å². The Labute approximate surface area is 113 Å². The van der Waals surface area contributed by atoms with E-state index in [0.29, 0.717) is 31.6 Å². The fraction of sp³-hybridized carbons (Fsp3) is 0.500. The summed E-state index contributed by atoms with van der Waals surface area (Å²) in [6.07, 6.45) is -3.99. The van der Waals surface area contributed by atoms with Crippen molar-refractivity contribution in [1.29, 1.82) is 0 Å². The molecule has 110 valence electrons. The van der Waals surface area contributed by atoms with Gasteiger partial charge in [-0.2, -0.15) is 13.2 Å². The van der Waals surface area contributed by atoms with Crippen molar-refractivity contribution in [1.82, 2.24) is 0 Å². The first-order valence-corrected chi connectivity index (χ1v) is 6.37. The number of carbonyl (C=O) groups is 1. The minimum Gasteiger partial charge on any atom is -0.377 e. The fourth-order valence-corrected chi connectivity index (χ4v) is 2.46. The standard InChI is InChI=1S/C14H14F4O2/c1-2-12-9(5-6-20-12)13(19)8-3-4-11(15)10(7-8)14(16,17)18/h3-4,7,9,12H,2,5-6H2,1H3. The van der Waals surface area contributed by atoms with Crippen LogP contribution in [-0.4, -0.2) is 18.5 Å². The molecule has 20 heavy (non-hydrogen) atoms. The summed E-state index contributed by atoms with van der Waals surface area (Å²) in [5.74, 6) is -2.24. The molecule has 0 aromatic heterocycles. The Morgan fingerprint density at radius 2 is 2.10 bits per heavy atom. The smallest absolute Gasteiger partial charge is 0.377 e. The van der Waals surface area contributed by atoms with E-state index in [0.717, 1.165) is 6.07 Å².